The summed E-state index contributed by atoms with van der Waals surface area (Å²) >= 11 is 0. The molecule has 270 valence electrons. The standard InChI is InChI=1S/C26H30F9N5O.C5H10O2/c1-37-38-22(36)40(14-16-10-19(25(30,31)32)13-20(11-16)26(33,34)35)15-17-12-18(24(27,28)29)4-5-21(17)23(41-3)6-8-39(2)9-7-23;1-5(2,3)7-4-6/h4-5,10-13,37H,6-9,14-15H2,1-3H3,(H2,36,38);4H,1-3H3. The van der Waals surface area contributed by atoms with Crippen LogP contribution in [0.15, 0.2) is 41.5 Å². The SMILES string of the molecule is CC(C)(C)OC=O.CN/N=C(\N)N(Cc1cc(C(F)(F)F)cc(C(F)(F)F)c1)Cc1cc(C(F)(F)F)ccc1C1(OC)CCN(C)CC1. The van der Waals surface area contributed by atoms with Crippen molar-refractivity contribution in [3.63, 3.8) is 0 Å². The highest BCUT2D eigenvalue weighted by molar-refractivity contribution is 5.78. The van der Waals surface area contributed by atoms with Gasteiger partial charge in [0.2, 0.25) is 5.96 Å². The molecule has 3 rings (SSSR count). The van der Waals surface area contributed by atoms with E-state index in [0.29, 0.717) is 50.1 Å². The lowest BCUT2D eigenvalue weighted by atomic mass is 9.81. The van der Waals surface area contributed by atoms with Crippen LogP contribution in [0, 0.1) is 0 Å². The van der Waals surface area contributed by atoms with Gasteiger partial charge < -0.3 is 30.4 Å². The summed E-state index contributed by atoms with van der Waals surface area (Å²) in [7, 11) is 4.67. The lowest BCUT2D eigenvalue weighted by Crippen LogP contribution is -2.43. The number of methoxy groups -OCH3 is 1. The number of halogens is 9. The number of carbonyl (C=O) groups excluding carboxylic acids is 1. The van der Waals surface area contributed by atoms with Gasteiger partial charge >= 0.3 is 18.5 Å². The summed E-state index contributed by atoms with van der Waals surface area (Å²) in [4.78, 5) is 12.7. The number of ether oxygens (including phenoxy) is 2. The topological polar surface area (TPSA) is 92.4 Å². The van der Waals surface area contributed by atoms with E-state index < -0.39 is 59.5 Å². The highest BCUT2D eigenvalue weighted by atomic mass is 19.4. The van der Waals surface area contributed by atoms with Crippen LogP contribution in [0.1, 0.15) is 67.0 Å². The average molecular weight is 702 g/mol. The number of nitrogens with one attached hydrogen (secondary N) is 1. The zero-order valence-corrected chi connectivity index (χ0v) is 27.3. The quantitative estimate of drug-likeness (QED) is 0.104. The average Bonchev–Trinajstić information content (AvgIpc) is 2.96. The summed E-state index contributed by atoms with van der Waals surface area (Å²) < 4.78 is 132. The molecular weight excluding hydrogens is 661 g/mol. The fourth-order valence-corrected chi connectivity index (χ4v) is 4.99. The van der Waals surface area contributed by atoms with Crippen molar-refractivity contribution in [2.24, 2.45) is 10.8 Å². The highest BCUT2D eigenvalue weighted by Crippen LogP contribution is 2.41. The van der Waals surface area contributed by atoms with E-state index >= 15 is 0 Å². The van der Waals surface area contributed by atoms with Crippen LogP contribution in [-0.2, 0) is 51.5 Å². The molecule has 1 heterocycles. The Labute approximate surface area is 273 Å². The monoisotopic (exact) mass is 701 g/mol. The van der Waals surface area contributed by atoms with Gasteiger partial charge in [0.25, 0.3) is 6.47 Å². The van der Waals surface area contributed by atoms with Gasteiger partial charge in [-0.3, -0.25) is 4.79 Å². The molecule has 1 aliphatic rings. The number of guanidine groups is 1. The van der Waals surface area contributed by atoms with E-state index in [1.807, 2.05) is 32.7 Å². The second kappa shape index (κ2) is 15.7. The molecule has 0 aliphatic carbocycles. The van der Waals surface area contributed by atoms with Crippen molar-refractivity contribution in [3.8, 4) is 0 Å². The molecular formula is C31H40F9N5O3. The normalized spacial score (nSPS) is 16.1. The fraction of sp³-hybridized carbons (Fsp3) is 0.548. The predicted molar refractivity (Wildman–Crippen MR) is 160 cm³/mol. The number of alkyl halides is 9. The van der Waals surface area contributed by atoms with E-state index in [0.717, 1.165) is 17.0 Å². The number of benzene rings is 2. The van der Waals surface area contributed by atoms with Gasteiger partial charge in [0.1, 0.15) is 5.60 Å². The number of hydrogen-bond donors (Lipinski definition) is 2. The molecule has 2 aromatic rings. The Balaban J connectivity index is 0.00000103. The smallest absolute Gasteiger partial charge is 0.416 e. The Hall–Kier alpha value is -3.73. The van der Waals surface area contributed by atoms with Crippen LogP contribution in [0.5, 0.6) is 0 Å². The van der Waals surface area contributed by atoms with Gasteiger partial charge in [0.15, 0.2) is 0 Å². The minimum absolute atomic E-state index is 0.00771. The van der Waals surface area contributed by atoms with Crippen molar-refractivity contribution in [1.82, 2.24) is 15.2 Å². The Morgan fingerprint density at radius 1 is 0.917 bits per heavy atom. The minimum atomic E-state index is -5.08. The van der Waals surface area contributed by atoms with E-state index in [-0.39, 0.29) is 23.2 Å². The molecule has 1 aliphatic heterocycles. The molecule has 0 aromatic heterocycles. The molecule has 0 unspecified atom stereocenters. The van der Waals surface area contributed by atoms with Crippen molar-refractivity contribution in [2.45, 2.75) is 76.4 Å². The first-order chi connectivity index (χ1) is 22.0. The Kier molecular flexibility index (Phi) is 13.2. The van der Waals surface area contributed by atoms with Crippen LogP contribution in [0.25, 0.3) is 0 Å². The number of nitrogens with zero attached hydrogens (tertiary/aromatic N) is 3. The summed E-state index contributed by atoms with van der Waals surface area (Å²) in [6, 6.07) is 4.16. The second-order valence-electron chi connectivity index (χ2n) is 12.2. The van der Waals surface area contributed by atoms with Crippen molar-refractivity contribution in [2.75, 3.05) is 34.3 Å². The molecule has 0 radical (unpaired) electrons. The van der Waals surface area contributed by atoms with E-state index in [4.69, 9.17) is 10.5 Å². The molecule has 8 nitrogen and oxygen atoms in total. The van der Waals surface area contributed by atoms with Gasteiger partial charge in [-0.15, -0.1) is 5.10 Å². The van der Waals surface area contributed by atoms with Gasteiger partial charge in [-0.1, -0.05) is 6.07 Å². The molecule has 3 N–H and O–H groups in total. The molecule has 0 amide bonds. The third-order valence-electron chi connectivity index (χ3n) is 7.44. The van der Waals surface area contributed by atoms with E-state index in [2.05, 4.69) is 15.3 Å². The van der Waals surface area contributed by atoms with Crippen LogP contribution in [0.2, 0.25) is 0 Å². The number of nitrogens with two attached hydrogens (primary N) is 1. The maximum absolute atomic E-state index is 13.7. The van der Waals surface area contributed by atoms with Crippen molar-refractivity contribution >= 4 is 12.4 Å². The molecule has 0 spiro atoms. The number of carbonyl (C=O) groups is 1. The lowest BCUT2D eigenvalue weighted by Gasteiger charge is -2.41. The summed E-state index contributed by atoms with van der Waals surface area (Å²) in [5, 5.41) is 3.79. The first kappa shape index (κ1) is 40.4. The minimum Gasteiger partial charge on any atom is -0.462 e. The number of hydrazone groups is 1. The summed E-state index contributed by atoms with van der Waals surface area (Å²) in [6.07, 6.45) is -14.0. The van der Waals surface area contributed by atoms with E-state index in [1.165, 1.54) is 20.2 Å². The molecule has 2 aromatic carbocycles. The Morgan fingerprint density at radius 3 is 1.83 bits per heavy atom. The zero-order chi connectivity index (χ0) is 36.7. The van der Waals surface area contributed by atoms with Crippen LogP contribution in [-0.4, -0.2) is 62.1 Å². The number of rotatable bonds is 8. The van der Waals surface area contributed by atoms with Crippen LogP contribution >= 0.6 is 0 Å². The first-order valence-electron chi connectivity index (χ1n) is 14.5. The van der Waals surface area contributed by atoms with Crippen molar-refractivity contribution in [3.05, 3.63) is 69.8 Å². The van der Waals surface area contributed by atoms with E-state index in [1.54, 1.807) is 0 Å². The lowest BCUT2D eigenvalue weighted by molar-refractivity contribution is -0.143. The summed E-state index contributed by atoms with van der Waals surface area (Å²) in [5.41, 5.74) is 3.12. The van der Waals surface area contributed by atoms with Crippen molar-refractivity contribution < 1.29 is 53.8 Å². The maximum Gasteiger partial charge on any atom is 0.416 e. The molecule has 0 saturated carbocycles. The Bertz CT molecular complexity index is 1360. The third kappa shape index (κ3) is 11.5. The van der Waals surface area contributed by atoms with Crippen LogP contribution < -0.4 is 11.2 Å². The third-order valence-corrected chi connectivity index (χ3v) is 7.44. The van der Waals surface area contributed by atoms with Crippen LogP contribution in [0.3, 0.4) is 0 Å². The van der Waals surface area contributed by atoms with Gasteiger partial charge in [-0.05, 0) is 87.7 Å². The van der Waals surface area contributed by atoms with Crippen molar-refractivity contribution in [1.29, 1.82) is 0 Å². The van der Waals surface area contributed by atoms with E-state index in [9.17, 15) is 44.3 Å². The highest BCUT2D eigenvalue weighted by Gasteiger charge is 2.40. The molecule has 0 bridgehead atoms. The summed E-state index contributed by atoms with van der Waals surface area (Å²) in [5.74, 6) is -0.364. The second-order valence-corrected chi connectivity index (χ2v) is 12.2. The molecule has 17 heteroatoms. The molecule has 1 fully saturated rings. The fourth-order valence-electron chi connectivity index (χ4n) is 4.99. The molecule has 48 heavy (non-hydrogen) atoms. The van der Waals surface area contributed by atoms with Gasteiger partial charge in [0, 0.05) is 40.3 Å². The molecule has 1 saturated heterocycles. The number of hydrogen-bond acceptors (Lipinski definition) is 6. The Morgan fingerprint density at radius 2 is 1.44 bits per heavy atom. The predicted octanol–water partition coefficient (Wildman–Crippen LogP) is 6.72. The number of likely N-dealkylation sites (tertiary alicyclic amines) is 1. The maximum atomic E-state index is 13.7. The van der Waals surface area contributed by atoms with Gasteiger partial charge in [0.05, 0.1) is 22.3 Å². The zero-order valence-electron chi connectivity index (χ0n) is 27.3. The van der Waals surface area contributed by atoms with Crippen LogP contribution in [0.4, 0.5) is 39.5 Å². The largest absolute Gasteiger partial charge is 0.462 e. The molecule has 0 atom stereocenters. The summed E-state index contributed by atoms with van der Waals surface area (Å²) in [6.45, 7) is 6.03. The van der Waals surface area contributed by atoms with Gasteiger partial charge in [-0.25, -0.2) is 0 Å². The number of piperidine rings is 1. The first-order valence-corrected chi connectivity index (χ1v) is 14.5. The van der Waals surface area contributed by atoms with Gasteiger partial charge in [-0.2, -0.15) is 39.5 Å².